The lowest BCUT2D eigenvalue weighted by atomic mass is 9.71. The van der Waals surface area contributed by atoms with Gasteiger partial charge in [0, 0.05) is 40.2 Å². The summed E-state index contributed by atoms with van der Waals surface area (Å²) < 4.78 is 24.4. The molecule has 3 aromatic carbocycles. The highest BCUT2D eigenvalue weighted by Gasteiger charge is 2.44. The third kappa shape index (κ3) is 5.95. The number of methoxy groups -OCH3 is 2. The predicted octanol–water partition coefficient (Wildman–Crippen LogP) is 8.23. The normalized spacial score (nSPS) is 25.8. The van der Waals surface area contributed by atoms with Crippen LogP contribution in [0, 0.1) is 5.92 Å². The van der Waals surface area contributed by atoms with Gasteiger partial charge in [-0.25, -0.2) is 0 Å². The zero-order valence-electron chi connectivity index (χ0n) is 27.2. The maximum Gasteiger partial charge on any atom is 0.207 e. The van der Waals surface area contributed by atoms with Crippen LogP contribution in [0.3, 0.4) is 0 Å². The minimum atomic E-state index is -1.02. The summed E-state index contributed by atoms with van der Waals surface area (Å²) in [4.78, 5) is 0. The van der Waals surface area contributed by atoms with Crippen molar-refractivity contribution >= 4 is 21.6 Å². The SMILES string of the molecule is COc1cc2c3c4c1-c1ccc(O)cc1C(CCC(C)CCSSCC3C(O)C(c1cc(OC3CCCC3)c(O)c(OC)c1O)O2)C4. The lowest BCUT2D eigenvalue weighted by molar-refractivity contribution is 0.00291. The Morgan fingerprint density at radius 1 is 0.851 bits per heavy atom. The number of hydrogen-bond acceptors (Lipinski definition) is 10. The summed E-state index contributed by atoms with van der Waals surface area (Å²) in [5.41, 5.74) is 5.54. The monoisotopic (exact) mass is 680 g/mol. The molecule has 2 bridgehead atoms. The van der Waals surface area contributed by atoms with Gasteiger partial charge in [0.25, 0.3) is 0 Å². The molecule has 3 aromatic rings. The van der Waals surface area contributed by atoms with E-state index in [0.29, 0.717) is 28.7 Å². The smallest absolute Gasteiger partial charge is 0.207 e. The van der Waals surface area contributed by atoms with Gasteiger partial charge in [-0.3, -0.25) is 0 Å². The molecule has 0 saturated heterocycles. The number of benzene rings is 3. The summed E-state index contributed by atoms with van der Waals surface area (Å²) in [5.74, 6) is 3.20. The molecule has 2 aliphatic carbocycles. The van der Waals surface area contributed by atoms with Crippen molar-refractivity contribution in [2.24, 2.45) is 5.92 Å². The number of hydrogen-bond donors (Lipinski definition) is 4. The fourth-order valence-corrected chi connectivity index (χ4v) is 10.6. The van der Waals surface area contributed by atoms with Crippen molar-refractivity contribution < 1.29 is 39.4 Å². The molecule has 10 heteroatoms. The predicted molar refractivity (Wildman–Crippen MR) is 186 cm³/mol. The molecule has 0 spiro atoms. The molecular weight excluding hydrogens is 637 g/mol. The van der Waals surface area contributed by atoms with Crippen LogP contribution in [0.2, 0.25) is 0 Å². The molecule has 5 atom stereocenters. The number of phenols is 3. The zero-order chi connectivity index (χ0) is 32.8. The highest BCUT2D eigenvalue weighted by atomic mass is 33.1. The highest BCUT2D eigenvalue weighted by molar-refractivity contribution is 8.76. The van der Waals surface area contributed by atoms with Crippen LogP contribution in [-0.4, -0.2) is 58.4 Å². The Morgan fingerprint density at radius 3 is 2.43 bits per heavy atom. The average molecular weight is 681 g/mol. The van der Waals surface area contributed by atoms with Crippen LogP contribution in [0.5, 0.6) is 40.2 Å². The second-order valence-electron chi connectivity index (χ2n) is 13.4. The Bertz CT molecular complexity index is 1640. The third-order valence-electron chi connectivity index (χ3n) is 10.5. The van der Waals surface area contributed by atoms with Crippen molar-refractivity contribution in [2.45, 2.75) is 88.4 Å². The second-order valence-corrected chi connectivity index (χ2v) is 16.1. The van der Waals surface area contributed by atoms with E-state index in [-0.39, 0.29) is 46.7 Å². The molecule has 0 aromatic heterocycles. The molecule has 5 unspecified atom stereocenters. The Balaban J connectivity index is 1.38. The van der Waals surface area contributed by atoms with Gasteiger partial charge in [0.15, 0.2) is 17.6 Å². The average Bonchev–Trinajstić information content (AvgIpc) is 3.58. The summed E-state index contributed by atoms with van der Waals surface area (Å²) >= 11 is 0. The van der Waals surface area contributed by atoms with E-state index < -0.39 is 12.2 Å². The summed E-state index contributed by atoms with van der Waals surface area (Å²) in [6.07, 6.45) is 5.80. The van der Waals surface area contributed by atoms with Crippen LogP contribution in [0.15, 0.2) is 30.3 Å². The van der Waals surface area contributed by atoms with Crippen molar-refractivity contribution in [2.75, 3.05) is 25.7 Å². The van der Waals surface area contributed by atoms with Gasteiger partial charge >= 0.3 is 0 Å². The van der Waals surface area contributed by atoms with Gasteiger partial charge in [-0.15, -0.1) is 0 Å². The standard InChI is InChI=1S/C37H44O8S2/c1-19-8-9-20-14-25-31(23-11-10-21(38)15-24(20)23)28(42-2)17-29-32(25)27(18-47-46-13-12-19)34(40)36(45-29)26-16-30(44-22-6-4-5-7-22)35(41)37(43-3)33(26)39/h10-11,15-17,19-20,22,27,34,36,38-41H,4-9,12-14,18H2,1-3H3. The van der Waals surface area contributed by atoms with Crippen molar-refractivity contribution in [3.8, 4) is 51.4 Å². The first-order valence-corrected chi connectivity index (χ1v) is 19.2. The molecule has 252 valence electrons. The molecule has 0 amide bonds. The van der Waals surface area contributed by atoms with Crippen LogP contribution in [0.4, 0.5) is 0 Å². The van der Waals surface area contributed by atoms with Gasteiger partial charge in [-0.05, 0) is 91.7 Å². The van der Waals surface area contributed by atoms with Crippen LogP contribution >= 0.6 is 21.6 Å². The second kappa shape index (κ2) is 13.4. The molecule has 2 heterocycles. The maximum atomic E-state index is 12.3. The highest BCUT2D eigenvalue weighted by Crippen LogP contribution is 2.58. The number of aromatic hydroxyl groups is 3. The van der Waals surface area contributed by atoms with Crippen molar-refractivity contribution in [1.29, 1.82) is 0 Å². The molecule has 8 nitrogen and oxygen atoms in total. The summed E-state index contributed by atoms with van der Waals surface area (Å²) in [6.45, 7) is 2.32. The van der Waals surface area contributed by atoms with Crippen LogP contribution < -0.4 is 18.9 Å². The summed E-state index contributed by atoms with van der Waals surface area (Å²) in [5, 5.41) is 45.3. The van der Waals surface area contributed by atoms with Crippen LogP contribution in [-0.2, 0) is 6.42 Å². The quantitative estimate of drug-likeness (QED) is 0.196. The van der Waals surface area contributed by atoms with Gasteiger partial charge in [-0.1, -0.05) is 41.0 Å². The molecule has 4 N–H and O–H groups in total. The van der Waals surface area contributed by atoms with Crippen molar-refractivity contribution in [3.63, 3.8) is 0 Å². The first-order chi connectivity index (χ1) is 22.8. The Morgan fingerprint density at radius 2 is 1.66 bits per heavy atom. The van der Waals surface area contributed by atoms with E-state index in [1.807, 2.05) is 29.0 Å². The molecule has 4 aliphatic rings. The Kier molecular flexibility index (Phi) is 9.28. The lowest BCUT2D eigenvalue weighted by Gasteiger charge is -2.41. The zero-order valence-corrected chi connectivity index (χ0v) is 28.8. The van der Waals surface area contributed by atoms with E-state index in [1.165, 1.54) is 7.11 Å². The number of ether oxygens (including phenoxy) is 4. The molecule has 0 radical (unpaired) electrons. The number of fused-ring (bicyclic) bond motifs is 4. The first-order valence-electron chi connectivity index (χ1n) is 16.7. The molecule has 7 rings (SSSR count). The largest absolute Gasteiger partial charge is 0.508 e. The Hall–Kier alpha value is -3.08. The molecular formula is C37H44O8S2. The fraction of sp³-hybridized carbons (Fsp3) is 0.514. The maximum absolute atomic E-state index is 12.3. The molecule has 2 aliphatic heterocycles. The molecule has 1 fully saturated rings. The first kappa shape index (κ1) is 32.5. The number of aliphatic hydroxyl groups is 1. The minimum absolute atomic E-state index is 0.0408. The number of aliphatic hydroxyl groups excluding tert-OH is 1. The van der Waals surface area contributed by atoms with E-state index in [9.17, 15) is 20.4 Å². The van der Waals surface area contributed by atoms with E-state index in [4.69, 9.17) is 18.9 Å². The third-order valence-corrected chi connectivity index (χ3v) is 13.0. The number of rotatable bonds is 5. The van der Waals surface area contributed by atoms with Gasteiger partial charge < -0.3 is 39.4 Å². The van der Waals surface area contributed by atoms with Crippen molar-refractivity contribution in [3.05, 3.63) is 52.6 Å². The topological polar surface area (TPSA) is 118 Å². The van der Waals surface area contributed by atoms with Crippen molar-refractivity contribution in [1.82, 2.24) is 0 Å². The van der Waals surface area contributed by atoms with Gasteiger partial charge in [-0.2, -0.15) is 0 Å². The van der Waals surface area contributed by atoms with E-state index in [2.05, 4.69) is 6.92 Å². The van der Waals surface area contributed by atoms with Gasteiger partial charge in [0.1, 0.15) is 23.4 Å². The molecule has 1 saturated carbocycles. The van der Waals surface area contributed by atoms with Crippen LogP contribution in [0.25, 0.3) is 11.1 Å². The van der Waals surface area contributed by atoms with Crippen LogP contribution in [0.1, 0.15) is 92.1 Å². The number of phenolic OH excluding ortho intramolecular Hbond substituents is 3. The molecule has 47 heavy (non-hydrogen) atoms. The lowest BCUT2D eigenvalue weighted by Crippen LogP contribution is -2.37. The summed E-state index contributed by atoms with van der Waals surface area (Å²) in [6, 6.07) is 9.13. The van der Waals surface area contributed by atoms with Gasteiger partial charge in [0.05, 0.1) is 20.3 Å². The Labute approximate surface area is 284 Å². The van der Waals surface area contributed by atoms with Gasteiger partial charge in [0.2, 0.25) is 11.5 Å². The summed E-state index contributed by atoms with van der Waals surface area (Å²) in [7, 11) is 6.64. The minimum Gasteiger partial charge on any atom is -0.508 e. The van der Waals surface area contributed by atoms with E-state index in [0.717, 1.165) is 84.9 Å². The van der Waals surface area contributed by atoms with E-state index in [1.54, 1.807) is 30.0 Å². The fourth-order valence-electron chi connectivity index (χ4n) is 8.00. The van der Waals surface area contributed by atoms with E-state index >= 15 is 0 Å².